The summed E-state index contributed by atoms with van der Waals surface area (Å²) in [5.41, 5.74) is 47.5. The zero-order chi connectivity index (χ0) is 75.9. The van der Waals surface area contributed by atoms with Crippen LogP contribution in [0.15, 0.2) is 52.4 Å². The number of benzene rings is 2. The molecule has 0 saturated heterocycles. The van der Waals surface area contributed by atoms with Crippen LogP contribution in [-0.4, -0.2) is 223 Å². The molecule has 0 aliphatic heterocycles. The van der Waals surface area contributed by atoms with E-state index in [2.05, 4.69) is 73.8 Å². The van der Waals surface area contributed by atoms with Crippen LogP contribution in [0.1, 0.15) is 107 Å². The zero-order valence-corrected chi connectivity index (χ0v) is 57.7. The Morgan fingerprint density at radius 3 is 1.36 bits per heavy atom. The molecule has 0 aliphatic carbocycles. The van der Waals surface area contributed by atoms with Gasteiger partial charge in [-0.25, -0.2) is 0 Å². The summed E-state index contributed by atoms with van der Waals surface area (Å²) in [5.74, 6) is -12.2. The van der Waals surface area contributed by atoms with Gasteiger partial charge in [0.2, 0.25) is 76.8 Å². The highest BCUT2D eigenvalue weighted by atomic mass is 16.3. The molecular formula is C63H104N22O16. The normalized spacial score (nSPS) is 14.2. The lowest BCUT2D eigenvalue weighted by atomic mass is 9.96. The van der Waals surface area contributed by atoms with Crippen molar-refractivity contribution < 1.29 is 77.6 Å². The van der Waals surface area contributed by atoms with Crippen LogP contribution >= 0.6 is 0 Å². The lowest BCUT2D eigenvalue weighted by Crippen LogP contribution is -2.60. The molecule has 101 heavy (non-hydrogen) atoms. The fourth-order valence-electron chi connectivity index (χ4n) is 9.81. The van der Waals surface area contributed by atoms with Gasteiger partial charge in [0.15, 0.2) is 11.9 Å². The molecule has 11 atom stereocenters. The molecule has 0 radical (unpaired) electrons. The first-order valence-corrected chi connectivity index (χ1v) is 32.9. The van der Waals surface area contributed by atoms with Gasteiger partial charge < -0.3 is 125 Å². The van der Waals surface area contributed by atoms with Crippen molar-refractivity contribution in [3.63, 3.8) is 0 Å². The molecular weight excluding hydrogens is 1320 g/mol. The van der Waals surface area contributed by atoms with Crippen LogP contribution in [0.2, 0.25) is 0 Å². The number of hydrogen-bond donors (Lipinski definition) is 23. The van der Waals surface area contributed by atoms with Gasteiger partial charge in [-0.2, -0.15) is 0 Å². The minimum Gasteiger partial charge on any atom is -0.508 e. The number of nitrogens with two attached hydrogens (primary N) is 8. The molecule has 0 fully saturated rings. The summed E-state index contributed by atoms with van der Waals surface area (Å²) in [6, 6.07) is -2.68. The number of nitrogens with zero attached hydrogens (tertiary/aromatic N) is 2. The molecule has 38 heteroatoms. The van der Waals surface area contributed by atoms with Crippen LogP contribution in [-0.2, 0) is 75.2 Å². The first-order valence-electron chi connectivity index (χ1n) is 32.9. The Balaban J connectivity index is 2.18. The minimum absolute atomic E-state index is 0.0296. The number of rotatable bonds is 47. The van der Waals surface area contributed by atoms with Gasteiger partial charge in [-0.05, 0) is 153 Å². The Bertz CT molecular complexity index is 3150. The Hall–Kier alpha value is -10.3. The topological polar surface area (TPSA) is 660 Å². The Morgan fingerprint density at radius 2 is 0.871 bits per heavy atom. The van der Waals surface area contributed by atoms with E-state index in [1.807, 2.05) is 0 Å². The number of aliphatic hydroxyl groups excluding tert-OH is 2. The summed E-state index contributed by atoms with van der Waals surface area (Å²) in [5, 5.41) is 60.0. The number of primary amides is 1. The number of aryl methyl sites for hydroxylation is 2. The Morgan fingerprint density at radius 1 is 0.455 bits per heavy atom. The number of aliphatic hydroxyl groups is 2. The van der Waals surface area contributed by atoms with E-state index in [-0.39, 0.29) is 95.1 Å². The summed E-state index contributed by atoms with van der Waals surface area (Å²) in [6.07, 6.45) is 0.0790. The highest BCUT2D eigenvalue weighted by Crippen LogP contribution is 2.22. The second-order valence-electron chi connectivity index (χ2n) is 24.0. The molecule has 31 N–H and O–H groups in total. The van der Waals surface area contributed by atoms with Gasteiger partial charge in [0.05, 0.1) is 38.4 Å². The number of hydrogen-bond acceptors (Lipinski definition) is 21. The van der Waals surface area contributed by atoms with E-state index in [0.29, 0.717) is 42.5 Å². The number of carbonyl (C=O) groups excluding carboxylic acids is 13. The van der Waals surface area contributed by atoms with E-state index in [1.165, 1.54) is 26.0 Å². The zero-order valence-electron chi connectivity index (χ0n) is 57.7. The average Bonchev–Trinajstić information content (AvgIpc) is 0.855. The summed E-state index contributed by atoms with van der Waals surface area (Å²) in [6.45, 7) is 4.62. The largest absolute Gasteiger partial charge is 0.508 e. The van der Waals surface area contributed by atoms with Gasteiger partial charge in [-0.1, -0.05) is 30.3 Å². The maximum atomic E-state index is 14.1. The summed E-state index contributed by atoms with van der Waals surface area (Å²) in [4.78, 5) is 182. The molecule has 2 aromatic rings. The third-order valence-electron chi connectivity index (χ3n) is 15.4. The van der Waals surface area contributed by atoms with Gasteiger partial charge in [0.25, 0.3) is 0 Å². The van der Waals surface area contributed by atoms with Gasteiger partial charge in [-0.15, -0.1) is 0 Å². The van der Waals surface area contributed by atoms with Crippen molar-refractivity contribution in [2.45, 2.75) is 178 Å². The molecule has 0 saturated carbocycles. The van der Waals surface area contributed by atoms with Crippen molar-refractivity contribution in [3.8, 4) is 5.75 Å². The number of amides is 13. The molecule has 38 nitrogen and oxygen atoms in total. The highest BCUT2D eigenvalue weighted by molar-refractivity contribution is 5.99. The number of phenols is 1. The molecule has 0 bridgehead atoms. The molecule has 0 spiro atoms. The maximum absolute atomic E-state index is 14.1. The quantitative estimate of drug-likeness (QED) is 0.0166. The van der Waals surface area contributed by atoms with Crippen LogP contribution < -0.4 is 110 Å². The highest BCUT2D eigenvalue weighted by Gasteiger charge is 2.35. The molecule has 2 aromatic carbocycles. The van der Waals surface area contributed by atoms with Crippen molar-refractivity contribution in [3.05, 3.63) is 64.7 Å². The predicted octanol–water partition coefficient (Wildman–Crippen LogP) is -8.90. The van der Waals surface area contributed by atoms with Crippen molar-refractivity contribution in [2.75, 3.05) is 52.4 Å². The SMILES string of the molecule is Cc1cc(O)cc(C)c1C[C@@H](N)C(=O)NCC(=O)NCC(=O)N[C@@H](Cc1ccccc1)C(=O)N[C@H](C(=O)NCC(=O)N[C@@H](C)C(=O)N[C@@H](CCCN=C(N)N)C(=O)N[C@@H](CCCCN)C(=O)N[C@@H](CO)C(=O)N[C@@H](C)C(=O)N[C@@H](CCCN=C(N)N)C(=O)N[C@@H](CCCCN)C(N)=O)[C@@H](C)O. The van der Waals surface area contributed by atoms with Crippen molar-refractivity contribution >= 4 is 88.7 Å². The maximum Gasteiger partial charge on any atom is 0.245 e. The van der Waals surface area contributed by atoms with Crippen LogP contribution in [0.25, 0.3) is 0 Å². The molecule has 0 aliphatic rings. The van der Waals surface area contributed by atoms with E-state index >= 15 is 0 Å². The number of guanidine groups is 2. The van der Waals surface area contributed by atoms with Crippen molar-refractivity contribution in [1.82, 2.24) is 63.8 Å². The lowest BCUT2D eigenvalue weighted by molar-refractivity contribution is -0.136. The van der Waals surface area contributed by atoms with E-state index in [1.54, 1.807) is 44.2 Å². The standard InChI is InChI=1S/C63H104N22O16/c1-33-25-39(88)26-34(2)40(33)28-41(66)55(95)75-29-48(89)74-30-50(91)79-46(27-38-15-7-6-8-16-38)59(99)85-51(37(5)87)61(101)76-31-49(90)77-35(3)53(93)81-45(20-14-24-73-63(70)71)57(97)83-43(18-10-12-22-65)58(98)84-47(32-86)60(100)78-36(4)54(94)82-44(19-13-23-72-62(68)69)56(96)80-42(52(67)92)17-9-11-21-64/h6-8,15-16,25-26,35-37,41-47,51,86-88H,9-14,17-24,27-32,64-66H2,1-5H3,(H2,67,92)(H,74,89)(H,75,95)(H,76,101)(H,77,90)(H,78,100)(H,79,91)(H,80,96)(H,81,93)(H,82,94)(H,83,97)(H,84,98)(H,85,99)(H4,68,69,72)(H4,70,71,73)/t35-,36-,37+,41+,42-,43-,44-,45-,46-,47-,51-/m0/s1. The monoisotopic (exact) mass is 1420 g/mol. The van der Waals surface area contributed by atoms with E-state index in [0.717, 1.165) is 12.5 Å². The number of aliphatic imine (C=N–C) groups is 2. The molecule has 562 valence electrons. The Labute approximate surface area is 585 Å². The van der Waals surface area contributed by atoms with Gasteiger partial charge in [0.1, 0.15) is 60.1 Å². The number of phenolic OH excluding ortho intramolecular Hbond substituents is 1. The van der Waals surface area contributed by atoms with Crippen LogP contribution in [0.3, 0.4) is 0 Å². The first-order chi connectivity index (χ1) is 47.7. The van der Waals surface area contributed by atoms with Gasteiger partial charge in [-0.3, -0.25) is 72.3 Å². The van der Waals surface area contributed by atoms with Crippen LogP contribution in [0.5, 0.6) is 5.75 Å². The Kier molecular flexibility index (Phi) is 39.6. The minimum atomic E-state index is -1.74. The third-order valence-corrected chi connectivity index (χ3v) is 15.4. The fraction of sp³-hybridized carbons (Fsp3) is 0.571. The number of nitrogens with one attached hydrogen (secondary N) is 12. The van der Waals surface area contributed by atoms with Gasteiger partial charge in [0, 0.05) is 19.5 Å². The van der Waals surface area contributed by atoms with E-state index in [4.69, 9.17) is 45.9 Å². The van der Waals surface area contributed by atoms with Gasteiger partial charge >= 0.3 is 0 Å². The van der Waals surface area contributed by atoms with Crippen molar-refractivity contribution in [2.24, 2.45) is 55.9 Å². The molecule has 13 amide bonds. The fourth-order valence-corrected chi connectivity index (χ4v) is 9.81. The molecule has 2 rings (SSSR count). The van der Waals surface area contributed by atoms with E-state index in [9.17, 15) is 77.6 Å². The smallest absolute Gasteiger partial charge is 0.245 e. The first kappa shape index (κ1) is 86.8. The number of carbonyl (C=O) groups is 13. The summed E-state index contributed by atoms with van der Waals surface area (Å²) in [7, 11) is 0. The number of aromatic hydroxyl groups is 1. The predicted molar refractivity (Wildman–Crippen MR) is 371 cm³/mol. The molecule has 0 aromatic heterocycles. The second-order valence-corrected chi connectivity index (χ2v) is 24.0. The van der Waals surface area contributed by atoms with Crippen LogP contribution in [0.4, 0.5) is 0 Å². The third kappa shape index (κ3) is 33.9. The molecule has 0 unspecified atom stereocenters. The number of unbranched alkanes of at least 4 members (excludes halogenated alkanes) is 2. The lowest BCUT2D eigenvalue weighted by Gasteiger charge is -2.26. The summed E-state index contributed by atoms with van der Waals surface area (Å²) < 4.78 is 0. The average molecular weight is 1430 g/mol. The van der Waals surface area contributed by atoms with Crippen LogP contribution in [0, 0.1) is 13.8 Å². The van der Waals surface area contributed by atoms with E-state index < -0.39 is 170 Å². The molecule has 0 heterocycles. The summed E-state index contributed by atoms with van der Waals surface area (Å²) >= 11 is 0. The van der Waals surface area contributed by atoms with Crippen molar-refractivity contribution in [1.29, 1.82) is 0 Å². The second kappa shape index (κ2) is 46.1.